The monoisotopic (exact) mass is 264 g/mol. The molecule has 3 nitrogen and oxygen atoms in total. The number of anilines is 1. The molecule has 1 atom stereocenters. The minimum atomic E-state index is -0.791. The largest absolute Gasteiger partial charge is 0.324 e. The second kappa shape index (κ2) is 6.53. The SMILES string of the molecule is CCc1ccccc1NC(=O)C(C#N)c1ccccc1. The van der Waals surface area contributed by atoms with E-state index in [0.717, 1.165) is 17.7 Å². The minimum absolute atomic E-state index is 0.292. The second-order valence-electron chi connectivity index (χ2n) is 4.47. The van der Waals surface area contributed by atoms with Gasteiger partial charge in [0.15, 0.2) is 5.92 Å². The average molecular weight is 264 g/mol. The van der Waals surface area contributed by atoms with E-state index in [2.05, 4.69) is 11.4 Å². The van der Waals surface area contributed by atoms with Gasteiger partial charge >= 0.3 is 0 Å². The number of carbonyl (C=O) groups excluding carboxylic acids is 1. The maximum absolute atomic E-state index is 12.3. The van der Waals surface area contributed by atoms with E-state index in [1.165, 1.54) is 0 Å². The van der Waals surface area contributed by atoms with Crippen LogP contribution in [0.3, 0.4) is 0 Å². The van der Waals surface area contributed by atoms with Crippen molar-refractivity contribution in [3.8, 4) is 6.07 Å². The van der Waals surface area contributed by atoms with Gasteiger partial charge in [0.05, 0.1) is 6.07 Å². The summed E-state index contributed by atoms with van der Waals surface area (Å²) in [5.74, 6) is -1.08. The van der Waals surface area contributed by atoms with Crippen molar-refractivity contribution in [2.45, 2.75) is 19.3 Å². The van der Waals surface area contributed by atoms with Crippen molar-refractivity contribution in [2.75, 3.05) is 5.32 Å². The van der Waals surface area contributed by atoms with E-state index in [4.69, 9.17) is 0 Å². The highest BCUT2D eigenvalue weighted by molar-refractivity contribution is 5.98. The number of para-hydroxylation sites is 1. The first-order valence-electron chi connectivity index (χ1n) is 6.59. The van der Waals surface area contributed by atoms with Crippen LogP contribution in [0.15, 0.2) is 54.6 Å². The first-order chi connectivity index (χ1) is 9.76. The molecule has 2 aromatic rings. The minimum Gasteiger partial charge on any atom is -0.324 e. The van der Waals surface area contributed by atoms with Gasteiger partial charge in [-0.3, -0.25) is 4.79 Å². The normalized spacial score (nSPS) is 11.4. The number of nitriles is 1. The Bertz CT molecular complexity index is 629. The summed E-state index contributed by atoms with van der Waals surface area (Å²) in [6.45, 7) is 2.03. The predicted molar refractivity (Wildman–Crippen MR) is 79.2 cm³/mol. The molecule has 2 aromatic carbocycles. The van der Waals surface area contributed by atoms with Crippen molar-refractivity contribution in [1.29, 1.82) is 5.26 Å². The van der Waals surface area contributed by atoms with E-state index < -0.39 is 5.92 Å². The Hall–Kier alpha value is -2.60. The standard InChI is InChI=1S/C17H16N2O/c1-2-13-8-6-7-11-16(13)19-17(20)15(12-18)14-9-4-3-5-10-14/h3-11,15H,2H2,1H3,(H,19,20). The molecule has 1 unspecified atom stereocenters. The number of hydrogen-bond donors (Lipinski definition) is 1. The van der Waals surface area contributed by atoms with Crippen molar-refractivity contribution in [3.63, 3.8) is 0 Å². The van der Waals surface area contributed by atoms with Gasteiger partial charge in [0.25, 0.3) is 0 Å². The molecule has 0 saturated carbocycles. The van der Waals surface area contributed by atoms with Gasteiger partial charge in [-0.05, 0) is 23.6 Å². The van der Waals surface area contributed by atoms with Crippen LogP contribution < -0.4 is 5.32 Å². The molecule has 0 fully saturated rings. The summed E-state index contributed by atoms with van der Waals surface area (Å²) in [4.78, 5) is 12.3. The molecule has 0 heterocycles. The van der Waals surface area contributed by atoms with Crippen molar-refractivity contribution in [2.24, 2.45) is 0 Å². The van der Waals surface area contributed by atoms with E-state index in [0.29, 0.717) is 5.56 Å². The van der Waals surface area contributed by atoms with E-state index in [1.807, 2.05) is 49.4 Å². The molecule has 0 bridgehead atoms. The van der Waals surface area contributed by atoms with E-state index in [-0.39, 0.29) is 5.91 Å². The van der Waals surface area contributed by atoms with Crippen LogP contribution >= 0.6 is 0 Å². The molecule has 1 N–H and O–H groups in total. The number of aryl methyl sites for hydroxylation is 1. The molecule has 0 radical (unpaired) electrons. The van der Waals surface area contributed by atoms with Gasteiger partial charge in [-0.25, -0.2) is 0 Å². The van der Waals surface area contributed by atoms with Crippen molar-refractivity contribution >= 4 is 11.6 Å². The van der Waals surface area contributed by atoms with Crippen LogP contribution in [0.4, 0.5) is 5.69 Å². The molecule has 3 heteroatoms. The average Bonchev–Trinajstić information content (AvgIpc) is 2.49. The van der Waals surface area contributed by atoms with Crippen LogP contribution in [0.2, 0.25) is 0 Å². The molecule has 0 aliphatic heterocycles. The first-order valence-corrected chi connectivity index (χ1v) is 6.59. The van der Waals surface area contributed by atoms with Gasteiger partial charge in [-0.2, -0.15) is 5.26 Å². The Morgan fingerprint density at radius 3 is 2.45 bits per heavy atom. The fraction of sp³-hybridized carbons (Fsp3) is 0.176. The first kappa shape index (κ1) is 13.8. The summed E-state index contributed by atoms with van der Waals surface area (Å²) < 4.78 is 0. The molecular formula is C17H16N2O. The summed E-state index contributed by atoms with van der Waals surface area (Å²) in [6.07, 6.45) is 0.832. The fourth-order valence-electron chi connectivity index (χ4n) is 2.09. The summed E-state index contributed by atoms with van der Waals surface area (Å²) in [6, 6.07) is 18.8. The number of nitrogens with zero attached hydrogens (tertiary/aromatic N) is 1. The summed E-state index contributed by atoms with van der Waals surface area (Å²) in [5, 5.41) is 12.1. The number of nitrogens with one attached hydrogen (secondary N) is 1. The lowest BCUT2D eigenvalue weighted by molar-refractivity contribution is -0.116. The highest BCUT2D eigenvalue weighted by Gasteiger charge is 2.20. The lowest BCUT2D eigenvalue weighted by Gasteiger charge is -2.13. The molecular weight excluding hydrogens is 248 g/mol. The number of carbonyl (C=O) groups is 1. The lowest BCUT2D eigenvalue weighted by Crippen LogP contribution is -2.20. The number of benzene rings is 2. The van der Waals surface area contributed by atoms with Gasteiger partial charge < -0.3 is 5.32 Å². The molecule has 0 aliphatic rings. The van der Waals surface area contributed by atoms with Crippen LogP contribution in [-0.4, -0.2) is 5.91 Å². The van der Waals surface area contributed by atoms with Crippen LogP contribution in [0.25, 0.3) is 0 Å². The Labute approximate surface area is 118 Å². The Kier molecular flexibility index (Phi) is 4.52. The molecule has 0 saturated heterocycles. The molecule has 20 heavy (non-hydrogen) atoms. The van der Waals surface area contributed by atoms with Crippen LogP contribution in [0.1, 0.15) is 24.0 Å². The third-order valence-corrected chi connectivity index (χ3v) is 3.18. The number of rotatable bonds is 4. The van der Waals surface area contributed by atoms with E-state index in [9.17, 15) is 10.1 Å². The number of hydrogen-bond acceptors (Lipinski definition) is 2. The van der Waals surface area contributed by atoms with Crippen molar-refractivity contribution < 1.29 is 4.79 Å². The van der Waals surface area contributed by atoms with Gasteiger partial charge in [0.1, 0.15) is 0 Å². The molecule has 2 rings (SSSR count). The highest BCUT2D eigenvalue weighted by atomic mass is 16.1. The zero-order valence-electron chi connectivity index (χ0n) is 11.3. The fourth-order valence-corrected chi connectivity index (χ4v) is 2.09. The molecule has 0 aliphatic carbocycles. The molecule has 0 spiro atoms. The lowest BCUT2D eigenvalue weighted by atomic mass is 9.99. The molecule has 0 aromatic heterocycles. The van der Waals surface area contributed by atoms with Crippen LogP contribution in [-0.2, 0) is 11.2 Å². The Morgan fingerprint density at radius 1 is 1.15 bits per heavy atom. The maximum atomic E-state index is 12.3. The van der Waals surface area contributed by atoms with Crippen LogP contribution in [0.5, 0.6) is 0 Å². The quantitative estimate of drug-likeness (QED) is 0.919. The summed E-state index contributed by atoms with van der Waals surface area (Å²) >= 11 is 0. The van der Waals surface area contributed by atoms with Crippen molar-refractivity contribution in [3.05, 3.63) is 65.7 Å². The summed E-state index contributed by atoms with van der Waals surface area (Å²) in [7, 11) is 0. The van der Waals surface area contributed by atoms with Gasteiger partial charge in [-0.15, -0.1) is 0 Å². The van der Waals surface area contributed by atoms with Gasteiger partial charge in [0.2, 0.25) is 5.91 Å². The maximum Gasteiger partial charge on any atom is 0.246 e. The van der Waals surface area contributed by atoms with Gasteiger partial charge in [-0.1, -0.05) is 55.5 Å². The predicted octanol–water partition coefficient (Wildman–Crippen LogP) is 3.49. The number of amides is 1. The summed E-state index contributed by atoms with van der Waals surface area (Å²) in [5.41, 5.74) is 2.54. The van der Waals surface area contributed by atoms with E-state index >= 15 is 0 Å². The highest BCUT2D eigenvalue weighted by Crippen LogP contribution is 2.20. The Balaban J connectivity index is 2.21. The van der Waals surface area contributed by atoms with Crippen molar-refractivity contribution in [1.82, 2.24) is 0 Å². The third-order valence-electron chi connectivity index (χ3n) is 3.18. The molecule has 1 amide bonds. The van der Waals surface area contributed by atoms with Crippen LogP contribution in [0, 0.1) is 11.3 Å². The molecule has 100 valence electrons. The second-order valence-corrected chi connectivity index (χ2v) is 4.47. The van der Waals surface area contributed by atoms with Gasteiger partial charge in [0, 0.05) is 5.69 Å². The topological polar surface area (TPSA) is 52.9 Å². The Morgan fingerprint density at radius 2 is 1.80 bits per heavy atom. The van der Waals surface area contributed by atoms with E-state index in [1.54, 1.807) is 12.1 Å². The zero-order valence-corrected chi connectivity index (χ0v) is 11.3. The smallest absolute Gasteiger partial charge is 0.246 e. The third kappa shape index (κ3) is 3.04. The zero-order chi connectivity index (χ0) is 14.4.